The molecular weight excluding hydrogens is 675 g/mol. The Hall–Kier alpha value is -6.96. The Labute approximate surface area is 327 Å². The minimum absolute atomic E-state index is 0.100. The molecule has 1 aliphatic rings. The standard InChI is InChI=1S/C55H39N/c1-55(2)53-20-8-7-18-51(53)52-32-28-44(35-54(52)55)56(43-15-9-14-40(34-43)47-19-10-13-37-11-3-5-16-45(37)47)42-26-21-36(22-27-42)39-24-29-48-41(33-39)25-31-49-46-17-6-4-12-38(46)23-30-50(48)49/h3-35H,1-2H3. The molecule has 11 rings (SSSR count). The molecule has 1 nitrogen and oxygen atoms in total. The molecule has 0 aliphatic heterocycles. The number of rotatable bonds is 5. The van der Waals surface area contributed by atoms with Crippen molar-refractivity contribution in [2.75, 3.05) is 4.90 Å². The van der Waals surface area contributed by atoms with Crippen LogP contribution in [0, 0.1) is 0 Å². The molecule has 0 spiro atoms. The van der Waals surface area contributed by atoms with Crippen LogP contribution in [0.15, 0.2) is 200 Å². The molecule has 0 saturated heterocycles. The monoisotopic (exact) mass is 713 g/mol. The third-order valence-electron chi connectivity index (χ3n) is 12.2. The Morgan fingerprint density at radius 1 is 0.304 bits per heavy atom. The van der Waals surface area contributed by atoms with Crippen LogP contribution in [0.25, 0.3) is 76.5 Å². The van der Waals surface area contributed by atoms with Gasteiger partial charge in [0.05, 0.1) is 0 Å². The molecule has 10 aromatic rings. The Morgan fingerprint density at radius 2 is 0.875 bits per heavy atom. The molecule has 0 unspecified atom stereocenters. The van der Waals surface area contributed by atoms with Gasteiger partial charge in [0.15, 0.2) is 0 Å². The molecule has 0 heterocycles. The Balaban J connectivity index is 1.02. The molecule has 264 valence electrons. The minimum atomic E-state index is -0.100. The van der Waals surface area contributed by atoms with Crippen LogP contribution in [0.2, 0.25) is 0 Å². The number of anilines is 3. The number of hydrogen-bond donors (Lipinski definition) is 0. The van der Waals surface area contributed by atoms with Gasteiger partial charge in [0, 0.05) is 22.5 Å². The van der Waals surface area contributed by atoms with Gasteiger partial charge in [-0.25, -0.2) is 0 Å². The van der Waals surface area contributed by atoms with Crippen LogP contribution in [0.1, 0.15) is 25.0 Å². The summed E-state index contributed by atoms with van der Waals surface area (Å²) in [4.78, 5) is 2.43. The molecule has 0 saturated carbocycles. The predicted molar refractivity (Wildman–Crippen MR) is 240 cm³/mol. The minimum Gasteiger partial charge on any atom is -0.310 e. The van der Waals surface area contributed by atoms with Gasteiger partial charge in [-0.1, -0.05) is 172 Å². The van der Waals surface area contributed by atoms with Crippen LogP contribution < -0.4 is 4.90 Å². The highest BCUT2D eigenvalue weighted by molar-refractivity contribution is 6.17. The lowest BCUT2D eigenvalue weighted by Crippen LogP contribution is -2.16. The summed E-state index contributed by atoms with van der Waals surface area (Å²) in [5.41, 5.74) is 13.6. The van der Waals surface area contributed by atoms with Crippen LogP contribution in [-0.2, 0) is 5.41 Å². The number of fused-ring (bicyclic) bond motifs is 9. The van der Waals surface area contributed by atoms with Gasteiger partial charge >= 0.3 is 0 Å². The van der Waals surface area contributed by atoms with Gasteiger partial charge in [-0.05, 0) is 130 Å². The van der Waals surface area contributed by atoms with Gasteiger partial charge in [0.1, 0.15) is 0 Å². The van der Waals surface area contributed by atoms with E-state index in [0.717, 1.165) is 17.1 Å². The topological polar surface area (TPSA) is 3.24 Å². The zero-order chi connectivity index (χ0) is 37.4. The van der Waals surface area contributed by atoms with Gasteiger partial charge in [-0.15, -0.1) is 0 Å². The summed E-state index contributed by atoms with van der Waals surface area (Å²) < 4.78 is 0. The second kappa shape index (κ2) is 12.5. The van der Waals surface area contributed by atoms with Crippen molar-refractivity contribution in [1.29, 1.82) is 0 Å². The number of benzene rings is 10. The third-order valence-corrected chi connectivity index (χ3v) is 12.2. The van der Waals surface area contributed by atoms with Crippen molar-refractivity contribution in [3.8, 4) is 33.4 Å². The molecule has 10 aromatic carbocycles. The van der Waals surface area contributed by atoms with Crippen LogP contribution in [0.5, 0.6) is 0 Å². The lowest BCUT2D eigenvalue weighted by Gasteiger charge is -2.28. The van der Waals surface area contributed by atoms with Crippen LogP contribution in [-0.4, -0.2) is 0 Å². The third kappa shape index (κ3) is 5.08. The molecule has 0 fully saturated rings. The lowest BCUT2D eigenvalue weighted by molar-refractivity contribution is 0.660. The molecule has 0 amide bonds. The van der Waals surface area contributed by atoms with E-state index in [0.29, 0.717) is 0 Å². The summed E-state index contributed by atoms with van der Waals surface area (Å²) in [6.07, 6.45) is 0. The largest absolute Gasteiger partial charge is 0.310 e. The van der Waals surface area contributed by atoms with Crippen LogP contribution in [0.3, 0.4) is 0 Å². The fraction of sp³-hybridized carbons (Fsp3) is 0.0545. The zero-order valence-electron chi connectivity index (χ0n) is 31.5. The van der Waals surface area contributed by atoms with Gasteiger partial charge in [-0.2, -0.15) is 0 Å². The van der Waals surface area contributed by atoms with Crippen molar-refractivity contribution >= 4 is 60.2 Å². The highest BCUT2D eigenvalue weighted by atomic mass is 15.1. The molecule has 1 aliphatic carbocycles. The highest BCUT2D eigenvalue weighted by Gasteiger charge is 2.35. The maximum absolute atomic E-state index is 2.43. The average Bonchev–Trinajstić information content (AvgIpc) is 3.48. The van der Waals surface area contributed by atoms with Crippen molar-refractivity contribution in [3.63, 3.8) is 0 Å². The van der Waals surface area contributed by atoms with E-state index >= 15 is 0 Å². The Bertz CT molecular complexity index is 3160. The average molecular weight is 714 g/mol. The molecule has 0 radical (unpaired) electrons. The molecular formula is C55H39N. The molecule has 0 atom stereocenters. The SMILES string of the molecule is CC1(C)c2ccccc2-c2ccc(N(c3ccc(-c4ccc5c(ccc6c7ccccc7ccc56)c4)cc3)c3cccc(-c4cccc5ccccc45)c3)cc21. The second-order valence-electron chi connectivity index (χ2n) is 15.7. The normalized spacial score (nSPS) is 13.0. The molecule has 0 N–H and O–H groups in total. The van der Waals surface area contributed by atoms with Crippen molar-refractivity contribution in [2.24, 2.45) is 0 Å². The maximum atomic E-state index is 2.43. The quantitative estimate of drug-likeness (QED) is 0.161. The molecule has 1 heteroatoms. The first-order valence-electron chi connectivity index (χ1n) is 19.6. The predicted octanol–water partition coefficient (Wildman–Crippen LogP) is 15.4. The summed E-state index contributed by atoms with van der Waals surface area (Å²) in [7, 11) is 0. The first kappa shape index (κ1) is 32.5. The highest BCUT2D eigenvalue weighted by Crippen LogP contribution is 2.51. The zero-order valence-corrected chi connectivity index (χ0v) is 31.5. The van der Waals surface area contributed by atoms with Crippen molar-refractivity contribution in [3.05, 3.63) is 211 Å². The molecule has 0 bridgehead atoms. The van der Waals surface area contributed by atoms with E-state index in [1.54, 1.807) is 0 Å². The number of nitrogens with zero attached hydrogens (tertiary/aromatic N) is 1. The van der Waals surface area contributed by atoms with Crippen molar-refractivity contribution in [2.45, 2.75) is 19.3 Å². The summed E-state index contributed by atoms with van der Waals surface area (Å²) in [5.74, 6) is 0. The summed E-state index contributed by atoms with van der Waals surface area (Å²) >= 11 is 0. The lowest BCUT2D eigenvalue weighted by atomic mass is 9.82. The molecule has 56 heavy (non-hydrogen) atoms. The second-order valence-corrected chi connectivity index (χ2v) is 15.7. The van der Waals surface area contributed by atoms with Gasteiger partial charge < -0.3 is 4.90 Å². The smallest absolute Gasteiger partial charge is 0.0467 e. The summed E-state index contributed by atoms with van der Waals surface area (Å²) in [5, 5.41) is 10.2. The van der Waals surface area contributed by atoms with E-state index in [9.17, 15) is 0 Å². The van der Waals surface area contributed by atoms with E-state index in [2.05, 4.69) is 219 Å². The van der Waals surface area contributed by atoms with Crippen molar-refractivity contribution in [1.82, 2.24) is 0 Å². The maximum Gasteiger partial charge on any atom is 0.0467 e. The van der Waals surface area contributed by atoms with E-state index < -0.39 is 0 Å². The van der Waals surface area contributed by atoms with E-state index in [-0.39, 0.29) is 5.41 Å². The Morgan fingerprint density at radius 3 is 1.71 bits per heavy atom. The first-order valence-corrected chi connectivity index (χ1v) is 19.6. The van der Waals surface area contributed by atoms with E-state index in [1.807, 2.05) is 0 Å². The van der Waals surface area contributed by atoms with E-state index in [4.69, 9.17) is 0 Å². The van der Waals surface area contributed by atoms with E-state index in [1.165, 1.54) is 87.6 Å². The first-order chi connectivity index (χ1) is 27.5. The Kier molecular flexibility index (Phi) is 7.28. The fourth-order valence-corrected chi connectivity index (χ4v) is 9.38. The van der Waals surface area contributed by atoms with Crippen LogP contribution in [0.4, 0.5) is 17.1 Å². The summed E-state index contributed by atoms with van der Waals surface area (Å²) in [6.45, 7) is 4.71. The van der Waals surface area contributed by atoms with Gasteiger partial charge in [0.25, 0.3) is 0 Å². The van der Waals surface area contributed by atoms with Gasteiger partial charge in [0.2, 0.25) is 0 Å². The van der Waals surface area contributed by atoms with Crippen LogP contribution >= 0.6 is 0 Å². The van der Waals surface area contributed by atoms with Gasteiger partial charge in [-0.3, -0.25) is 0 Å². The fourth-order valence-electron chi connectivity index (χ4n) is 9.38. The molecule has 0 aromatic heterocycles. The van der Waals surface area contributed by atoms with Crippen molar-refractivity contribution < 1.29 is 0 Å². The number of hydrogen-bond acceptors (Lipinski definition) is 1. The summed E-state index contributed by atoms with van der Waals surface area (Å²) in [6, 6.07) is 74.0.